The molecule has 0 bridgehead atoms. The lowest BCUT2D eigenvalue weighted by Gasteiger charge is -2.07. The third kappa shape index (κ3) is 3.21. The molecule has 0 aliphatic rings. The first kappa shape index (κ1) is 14.2. The van der Waals surface area contributed by atoms with Crippen molar-refractivity contribution in [3.63, 3.8) is 0 Å². The Labute approximate surface area is 123 Å². The quantitative estimate of drug-likeness (QED) is 0.903. The number of aromatic nitrogens is 1. The standard InChI is InChI=1S/C14H11BrN2O3/c1-8-6-10(2-3-11(8)15)17-13(18)9-4-5-16-12(7-9)14(19)20/h2-7H,1H3,(H,17,18)(H,19,20). The van der Waals surface area contributed by atoms with E-state index in [-0.39, 0.29) is 17.2 Å². The van der Waals surface area contributed by atoms with E-state index in [0.717, 1.165) is 10.0 Å². The van der Waals surface area contributed by atoms with Gasteiger partial charge in [-0.05, 0) is 42.8 Å². The van der Waals surface area contributed by atoms with Gasteiger partial charge in [0.2, 0.25) is 0 Å². The first-order chi connectivity index (χ1) is 9.47. The Morgan fingerprint density at radius 2 is 2.00 bits per heavy atom. The maximum absolute atomic E-state index is 12.0. The zero-order chi connectivity index (χ0) is 14.7. The molecule has 2 N–H and O–H groups in total. The summed E-state index contributed by atoms with van der Waals surface area (Å²) in [6, 6.07) is 8.12. The van der Waals surface area contributed by atoms with Crippen molar-refractivity contribution in [1.29, 1.82) is 0 Å². The topological polar surface area (TPSA) is 79.3 Å². The van der Waals surface area contributed by atoms with E-state index in [1.165, 1.54) is 18.3 Å². The van der Waals surface area contributed by atoms with Gasteiger partial charge in [-0.15, -0.1) is 0 Å². The minimum absolute atomic E-state index is 0.162. The smallest absolute Gasteiger partial charge is 0.354 e. The summed E-state index contributed by atoms with van der Waals surface area (Å²) in [5.41, 5.74) is 1.72. The highest BCUT2D eigenvalue weighted by atomic mass is 79.9. The van der Waals surface area contributed by atoms with Gasteiger partial charge in [-0.1, -0.05) is 15.9 Å². The predicted octanol–water partition coefficient (Wildman–Crippen LogP) is 3.10. The molecule has 2 aromatic rings. The van der Waals surface area contributed by atoms with E-state index >= 15 is 0 Å². The summed E-state index contributed by atoms with van der Waals surface area (Å²) in [7, 11) is 0. The molecule has 20 heavy (non-hydrogen) atoms. The molecule has 102 valence electrons. The number of hydrogen-bond donors (Lipinski definition) is 2. The number of nitrogens with zero attached hydrogens (tertiary/aromatic N) is 1. The maximum Gasteiger partial charge on any atom is 0.354 e. The summed E-state index contributed by atoms with van der Waals surface area (Å²) < 4.78 is 0.951. The van der Waals surface area contributed by atoms with Gasteiger partial charge in [-0.25, -0.2) is 9.78 Å². The molecule has 0 fully saturated rings. The Balaban J connectivity index is 2.21. The number of carboxylic acid groups (broad SMARTS) is 1. The highest BCUT2D eigenvalue weighted by Gasteiger charge is 2.11. The van der Waals surface area contributed by atoms with E-state index in [1.54, 1.807) is 6.07 Å². The van der Waals surface area contributed by atoms with Crippen molar-refractivity contribution in [3.8, 4) is 0 Å². The van der Waals surface area contributed by atoms with E-state index < -0.39 is 5.97 Å². The Morgan fingerprint density at radius 1 is 1.25 bits per heavy atom. The van der Waals surface area contributed by atoms with Crippen molar-refractivity contribution in [1.82, 2.24) is 4.98 Å². The highest BCUT2D eigenvalue weighted by molar-refractivity contribution is 9.10. The number of aryl methyl sites for hydroxylation is 1. The second kappa shape index (κ2) is 5.83. The van der Waals surface area contributed by atoms with Crippen LogP contribution in [0, 0.1) is 6.92 Å². The van der Waals surface area contributed by atoms with Crippen LogP contribution in [0.1, 0.15) is 26.4 Å². The molecule has 0 atom stereocenters. The number of aromatic carboxylic acids is 1. The van der Waals surface area contributed by atoms with Crippen LogP contribution in [0.25, 0.3) is 0 Å². The first-order valence-corrected chi connectivity index (χ1v) is 6.53. The lowest BCUT2D eigenvalue weighted by Crippen LogP contribution is -2.13. The van der Waals surface area contributed by atoms with E-state index in [9.17, 15) is 9.59 Å². The van der Waals surface area contributed by atoms with Crippen LogP contribution in [0.4, 0.5) is 5.69 Å². The zero-order valence-corrected chi connectivity index (χ0v) is 12.1. The third-order valence-electron chi connectivity index (χ3n) is 2.66. The van der Waals surface area contributed by atoms with Crippen molar-refractivity contribution in [3.05, 3.63) is 57.8 Å². The Kier molecular flexibility index (Phi) is 4.14. The number of rotatable bonds is 3. The van der Waals surface area contributed by atoms with Gasteiger partial charge in [-0.3, -0.25) is 4.79 Å². The van der Waals surface area contributed by atoms with E-state index in [1.807, 2.05) is 19.1 Å². The van der Waals surface area contributed by atoms with Crippen LogP contribution in [0.3, 0.4) is 0 Å². The van der Waals surface area contributed by atoms with Crippen molar-refractivity contribution < 1.29 is 14.7 Å². The van der Waals surface area contributed by atoms with Crippen molar-refractivity contribution >= 4 is 33.5 Å². The Bertz CT molecular complexity index is 686. The average Bonchev–Trinajstić information content (AvgIpc) is 2.43. The third-order valence-corrected chi connectivity index (χ3v) is 3.55. The van der Waals surface area contributed by atoms with Crippen LogP contribution in [0.2, 0.25) is 0 Å². The fourth-order valence-electron chi connectivity index (χ4n) is 1.61. The summed E-state index contributed by atoms with van der Waals surface area (Å²) in [5, 5.41) is 11.6. The van der Waals surface area contributed by atoms with Gasteiger partial charge < -0.3 is 10.4 Å². The number of pyridine rings is 1. The van der Waals surface area contributed by atoms with Gasteiger partial charge in [0, 0.05) is 21.9 Å². The second-order valence-corrected chi connectivity index (χ2v) is 5.01. The molecule has 0 unspecified atom stereocenters. The van der Waals surface area contributed by atoms with Crippen LogP contribution in [0.5, 0.6) is 0 Å². The number of carbonyl (C=O) groups excluding carboxylic acids is 1. The van der Waals surface area contributed by atoms with Crippen LogP contribution in [-0.4, -0.2) is 22.0 Å². The monoisotopic (exact) mass is 334 g/mol. The number of amides is 1. The van der Waals surface area contributed by atoms with E-state index in [2.05, 4.69) is 26.2 Å². The molecule has 1 amide bonds. The fraction of sp³-hybridized carbons (Fsp3) is 0.0714. The van der Waals surface area contributed by atoms with E-state index in [4.69, 9.17) is 5.11 Å². The SMILES string of the molecule is Cc1cc(NC(=O)c2ccnc(C(=O)O)c2)ccc1Br. The van der Waals surface area contributed by atoms with Crippen LogP contribution >= 0.6 is 15.9 Å². The Morgan fingerprint density at radius 3 is 2.65 bits per heavy atom. The second-order valence-electron chi connectivity index (χ2n) is 4.15. The van der Waals surface area contributed by atoms with Crippen LogP contribution in [0.15, 0.2) is 41.0 Å². The zero-order valence-electron chi connectivity index (χ0n) is 10.6. The summed E-state index contributed by atoms with van der Waals surface area (Å²) in [6.45, 7) is 1.91. The minimum Gasteiger partial charge on any atom is -0.477 e. The lowest BCUT2D eigenvalue weighted by atomic mass is 10.2. The molecule has 0 saturated heterocycles. The van der Waals surface area contributed by atoms with Crippen LogP contribution in [-0.2, 0) is 0 Å². The largest absolute Gasteiger partial charge is 0.477 e. The number of carbonyl (C=O) groups is 2. The molecule has 0 aliphatic heterocycles. The number of nitrogens with one attached hydrogen (secondary N) is 1. The molecular formula is C14H11BrN2O3. The molecule has 1 heterocycles. The van der Waals surface area contributed by atoms with Gasteiger partial charge in [0.1, 0.15) is 5.69 Å². The number of carboxylic acids is 1. The van der Waals surface area contributed by atoms with E-state index in [0.29, 0.717) is 5.69 Å². The highest BCUT2D eigenvalue weighted by Crippen LogP contribution is 2.20. The van der Waals surface area contributed by atoms with Crippen LogP contribution < -0.4 is 5.32 Å². The number of halogens is 1. The maximum atomic E-state index is 12.0. The molecule has 6 heteroatoms. The molecule has 0 saturated carbocycles. The average molecular weight is 335 g/mol. The summed E-state index contributed by atoms with van der Waals surface area (Å²) >= 11 is 3.38. The number of benzene rings is 1. The summed E-state index contributed by atoms with van der Waals surface area (Å²) in [4.78, 5) is 26.5. The molecule has 5 nitrogen and oxygen atoms in total. The molecule has 2 rings (SSSR count). The lowest BCUT2D eigenvalue weighted by molar-refractivity contribution is 0.0690. The molecule has 1 aromatic heterocycles. The number of anilines is 1. The molecule has 0 spiro atoms. The summed E-state index contributed by atoms with van der Waals surface area (Å²) in [5.74, 6) is -1.55. The molecule has 1 aromatic carbocycles. The Hall–Kier alpha value is -2.21. The number of hydrogen-bond acceptors (Lipinski definition) is 3. The summed E-state index contributed by atoms with van der Waals surface area (Å²) in [6.07, 6.45) is 1.30. The molecule has 0 aliphatic carbocycles. The van der Waals surface area contributed by atoms with Gasteiger partial charge >= 0.3 is 5.97 Å². The van der Waals surface area contributed by atoms with Gasteiger partial charge in [0.05, 0.1) is 0 Å². The molecular weight excluding hydrogens is 324 g/mol. The van der Waals surface area contributed by atoms with Crippen molar-refractivity contribution in [2.45, 2.75) is 6.92 Å². The van der Waals surface area contributed by atoms with Crippen molar-refractivity contribution in [2.24, 2.45) is 0 Å². The first-order valence-electron chi connectivity index (χ1n) is 5.74. The normalized spacial score (nSPS) is 10.1. The van der Waals surface area contributed by atoms with Gasteiger partial charge in [-0.2, -0.15) is 0 Å². The molecule has 0 radical (unpaired) electrons. The predicted molar refractivity (Wildman–Crippen MR) is 78.0 cm³/mol. The van der Waals surface area contributed by atoms with Gasteiger partial charge in [0.25, 0.3) is 5.91 Å². The fourth-order valence-corrected chi connectivity index (χ4v) is 1.86. The van der Waals surface area contributed by atoms with Gasteiger partial charge in [0.15, 0.2) is 0 Å². The van der Waals surface area contributed by atoms with Crippen molar-refractivity contribution in [2.75, 3.05) is 5.32 Å². The minimum atomic E-state index is -1.17.